The molecule has 1 aromatic heterocycles. The number of ether oxygens (including phenoxy) is 2. The molecule has 2 aromatic rings. The molecule has 3 heterocycles. The normalized spacial score (nSPS) is 21.6. The number of hydrogen-bond acceptors (Lipinski definition) is 6. The Labute approximate surface area is 183 Å². The molecule has 3 aliphatic rings. The molecule has 1 saturated heterocycles. The molecule has 31 heavy (non-hydrogen) atoms. The first-order chi connectivity index (χ1) is 15.1. The molecule has 164 valence electrons. The summed E-state index contributed by atoms with van der Waals surface area (Å²) >= 11 is 0. The molecule has 5 rings (SSSR count). The van der Waals surface area contributed by atoms with Gasteiger partial charge in [0.05, 0.1) is 24.8 Å². The van der Waals surface area contributed by atoms with Gasteiger partial charge in [-0.25, -0.2) is 9.97 Å². The third kappa shape index (κ3) is 3.35. The number of nitrogens with zero attached hydrogens (tertiary/aromatic N) is 3. The zero-order valence-electron chi connectivity index (χ0n) is 18.1. The molecule has 0 radical (unpaired) electrons. The number of methoxy groups -OCH3 is 1. The fourth-order valence-electron chi connectivity index (χ4n) is 5.69. The van der Waals surface area contributed by atoms with Gasteiger partial charge in [-0.15, -0.1) is 0 Å². The van der Waals surface area contributed by atoms with E-state index in [0.29, 0.717) is 19.7 Å². The second-order valence-electron chi connectivity index (χ2n) is 9.00. The summed E-state index contributed by atoms with van der Waals surface area (Å²) in [4.78, 5) is 24.6. The van der Waals surface area contributed by atoms with Crippen molar-refractivity contribution in [2.45, 2.75) is 56.0 Å². The molecule has 7 nitrogen and oxygen atoms in total. The van der Waals surface area contributed by atoms with E-state index in [0.717, 1.165) is 67.5 Å². The lowest BCUT2D eigenvalue weighted by atomic mass is 9.76. The largest absolute Gasteiger partial charge is 0.497 e. The molecular weight excluding hydrogens is 392 g/mol. The first-order valence-corrected chi connectivity index (χ1v) is 11.3. The zero-order chi connectivity index (χ0) is 21.5. The molecule has 0 bridgehead atoms. The summed E-state index contributed by atoms with van der Waals surface area (Å²) in [6, 6.07) is 8.05. The highest BCUT2D eigenvalue weighted by molar-refractivity contribution is 5.89. The Morgan fingerprint density at radius 3 is 2.52 bits per heavy atom. The van der Waals surface area contributed by atoms with E-state index in [4.69, 9.17) is 15.2 Å². The van der Waals surface area contributed by atoms with Crippen LogP contribution in [0.4, 0.5) is 5.95 Å². The van der Waals surface area contributed by atoms with Gasteiger partial charge in [0, 0.05) is 19.3 Å². The van der Waals surface area contributed by atoms with E-state index in [9.17, 15) is 4.79 Å². The second kappa shape index (κ2) is 7.79. The molecular formula is C24H30N4O3. The molecule has 7 heteroatoms. The first kappa shape index (κ1) is 20.2. The lowest BCUT2D eigenvalue weighted by Gasteiger charge is -2.45. The molecule has 2 aliphatic heterocycles. The average molecular weight is 423 g/mol. The van der Waals surface area contributed by atoms with Crippen molar-refractivity contribution < 1.29 is 14.3 Å². The number of benzene rings is 1. The Bertz CT molecular complexity index is 961. The van der Waals surface area contributed by atoms with E-state index in [2.05, 4.69) is 22.1 Å². The van der Waals surface area contributed by atoms with Gasteiger partial charge >= 0.3 is 0 Å². The van der Waals surface area contributed by atoms with Crippen molar-refractivity contribution in [2.75, 3.05) is 32.5 Å². The summed E-state index contributed by atoms with van der Waals surface area (Å²) in [5.74, 6) is 1.36. The molecule has 2 fully saturated rings. The Kier molecular flexibility index (Phi) is 5.08. The quantitative estimate of drug-likeness (QED) is 0.818. The number of anilines is 1. The molecule has 1 saturated carbocycles. The van der Waals surface area contributed by atoms with Gasteiger partial charge in [-0.1, -0.05) is 25.0 Å². The van der Waals surface area contributed by atoms with E-state index in [1.807, 2.05) is 23.2 Å². The minimum Gasteiger partial charge on any atom is -0.497 e. The standard InChI is InChI=1S/C24H30N4O3/c1-30-19-6-4-18(5-7-19)23(9-2-3-10-23)21(29)28-13-11-24(12-14-28)20-17(8-15-31-24)16-26-22(25)27-20/h4-7,16H,2-3,8-15H2,1H3,(H2,25,26,27). The average Bonchev–Trinajstić information content (AvgIpc) is 3.31. The van der Waals surface area contributed by atoms with E-state index in [1.54, 1.807) is 7.11 Å². The van der Waals surface area contributed by atoms with Crippen LogP contribution < -0.4 is 10.5 Å². The van der Waals surface area contributed by atoms with Gasteiger partial charge in [0.15, 0.2) is 0 Å². The van der Waals surface area contributed by atoms with Crippen LogP contribution in [0.1, 0.15) is 55.3 Å². The zero-order valence-corrected chi connectivity index (χ0v) is 18.1. The SMILES string of the molecule is COc1ccc(C2(C(=O)N3CCC4(CC3)OCCc3cnc(N)nc34)CCCC2)cc1. The smallest absolute Gasteiger partial charge is 0.233 e. The molecule has 0 atom stereocenters. The van der Waals surface area contributed by atoms with Crippen LogP contribution in [-0.4, -0.2) is 47.6 Å². The number of hydrogen-bond donors (Lipinski definition) is 1. The highest BCUT2D eigenvalue weighted by atomic mass is 16.5. The van der Waals surface area contributed by atoms with Crippen LogP contribution in [-0.2, 0) is 27.0 Å². The van der Waals surface area contributed by atoms with E-state index < -0.39 is 11.0 Å². The van der Waals surface area contributed by atoms with Crippen LogP contribution in [0.3, 0.4) is 0 Å². The van der Waals surface area contributed by atoms with Crippen LogP contribution in [0.5, 0.6) is 5.75 Å². The van der Waals surface area contributed by atoms with Crippen molar-refractivity contribution in [3.05, 3.63) is 47.3 Å². The maximum absolute atomic E-state index is 13.9. The van der Waals surface area contributed by atoms with Crippen molar-refractivity contribution >= 4 is 11.9 Å². The van der Waals surface area contributed by atoms with Crippen molar-refractivity contribution in [3.8, 4) is 5.75 Å². The number of nitrogen functional groups attached to an aromatic ring is 1. The van der Waals surface area contributed by atoms with Crippen LogP contribution in [0, 0.1) is 0 Å². The van der Waals surface area contributed by atoms with Crippen molar-refractivity contribution in [3.63, 3.8) is 0 Å². The summed E-state index contributed by atoms with van der Waals surface area (Å²) in [7, 11) is 1.67. The van der Waals surface area contributed by atoms with E-state index in [-0.39, 0.29) is 11.9 Å². The number of piperidine rings is 1. The lowest BCUT2D eigenvalue weighted by Crippen LogP contribution is -2.53. The number of aromatic nitrogens is 2. The van der Waals surface area contributed by atoms with E-state index in [1.165, 1.54) is 0 Å². The van der Waals surface area contributed by atoms with Gasteiger partial charge in [-0.2, -0.15) is 0 Å². The first-order valence-electron chi connectivity index (χ1n) is 11.3. The Morgan fingerprint density at radius 2 is 1.84 bits per heavy atom. The maximum atomic E-state index is 13.9. The van der Waals surface area contributed by atoms with Crippen molar-refractivity contribution in [2.24, 2.45) is 0 Å². The molecule has 0 unspecified atom stereocenters. The number of rotatable bonds is 3. The number of nitrogens with two attached hydrogens (primary N) is 1. The number of carbonyl (C=O) groups is 1. The predicted octanol–water partition coefficient (Wildman–Crippen LogP) is 2.97. The minimum absolute atomic E-state index is 0.253. The topological polar surface area (TPSA) is 90.6 Å². The van der Waals surface area contributed by atoms with Gasteiger partial charge in [0.1, 0.15) is 11.4 Å². The van der Waals surface area contributed by atoms with Crippen LogP contribution in [0.15, 0.2) is 30.5 Å². The molecule has 1 spiro atoms. The Morgan fingerprint density at radius 1 is 1.13 bits per heavy atom. The monoisotopic (exact) mass is 422 g/mol. The second-order valence-corrected chi connectivity index (χ2v) is 9.00. The van der Waals surface area contributed by atoms with Gasteiger partial charge < -0.3 is 20.1 Å². The molecule has 1 aliphatic carbocycles. The van der Waals surface area contributed by atoms with Crippen LogP contribution >= 0.6 is 0 Å². The fraction of sp³-hybridized carbons (Fsp3) is 0.542. The number of likely N-dealkylation sites (tertiary alicyclic amines) is 1. The highest BCUT2D eigenvalue weighted by Gasteiger charge is 2.48. The summed E-state index contributed by atoms with van der Waals surface area (Å²) < 4.78 is 11.6. The molecule has 2 N–H and O–H groups in total. The third-order valence-electron chi connectivity index (χ3n) is 7.43. The van der Waals surface area contributed by atoms with Gasteiger partial charge in [-0.3, -0.25) is 4.79 Å². The third-order valence-corrected chi connectivity index (χ3v) is 7.43. The Hall–Kier alpha value is -2.67. The van der Waals surface area contributed by atoms with Crippen LogP contribution in [0.2, 0.25) is 0 Å². The van der Waals surface area contributed by atoms with Gasteiger partial charge in [0.25, 0.3) is 0 Å². The number of fused-ring (bicyclic) bond motifs is 2. The summed E-state index contributed by atoms with van der Waals surface area (Å²) in [6.45, 7) is 1.99. The summed E-state index contributed by atoms with van der Waals surface area (Å²) in [6.07, 6.45) is 8.09. The number of amides is 1. The van der Waals surface area contributed by atoms with Gasteiger partial charge in [0.2, 0.25) is 11.9 Å². The summed E-state index contributed by atoms with van der Waals surface area (Å²) in [5.41, 5.74) is 8.15. The van der Waals surface area contributed by atoms with Crippen molar-refractivity contribution in [1.82, 2.24) is 14.9 Å². The molecule has 1 aromatic carbocycles. The Balaban J connectivity index is 1.38. The number of carbonyl (C=O) groups excluding carboxylic acids is 1. The highest BCUT2D eigenvalue weighted by Crippen LogP contribution is 2.45. The summed E-state index contributed by atoms with van der Waals surface area (Å²) in [5, 5.41) is 0. The molecule has 1 amide bonds. The fourth-order valence-corrected chi connectivity index (χ4v) is 5.69. The van der Waals surface area contributed by atoms with E-state index >= 15 is 0 Å². The predicted molar refractivity (Wildman–Crippen MR) is 117 cm³/mol. The van der Waals surface area contributed by atoms with Crippen molar-refractivity contribution in [1.29, 1.82) is 0 Å². The minimum atomic E-state index is -0.454. The van der Waals surface area contributed by atoms with Crippen LogP contribution in [0.25, 0.3) is 0 Å². The lowest BCUT2D eigenvalue weighted by molar-refractivity contribution is -0.147. The van der Waals surface area contributed by atoms with Gasteiger partial charge in [-0.05, 0) is 55.4 Å². The maximum Gasteiger partial charge on any atom is 0.233 e.